The number of nitrogens with one attached hydrogen (secondary N) is 1. The van der Waals surface area contributed by atoms with Crippen molar-refractivity contribution >= 4 is 10.8 Å². The summed E-state index contributed by atoms with van der Waals surface area (Å²) in [6, 6.07) is 0.453. The lowest BCUT2D eigenvalue weighted by molar-refractivity contribution is 0.142. The first-order chi connectivity index (χ1) is 7.42. The van der Waals surface area contributed by atoms with Crippen LogP contribution in [0.3, 0.4) is 0 Å². The van der Waals surface area contributed by atoms with Gasteiger partial charge in [-0.15, -0.1) is 0 Å². The van der Waals surface area contributed by atoms with Crippen LogP contribution in [0.5, 0.6) is 0 Å². The second-order valence-corrected chi connectivity index (χ2v) is 7.39. The maximum atomic E-state index is 11.8. The highest BCUT2D eigenvalue weighted by Crippen LogP contribution is 2.41. The highest BCUT2D eigenvalue weighted by molar-refractivity contribution is 7.85. The first-order valence-corrected chi connectivity index (χ1v) is 8.04. The van der Waals surface area contributed by atoms with Crippen LogP contribution in [0.2, 0.25) is 0 Å². The summed E-state index contributed by atoms with van der Waals surface area (Å²) in [5.74, 6) is 0.732. The molecule has 0 saturated heterocycles. The van der Waals surface area contributed by atoms with E-state index >= 15 is 0 Å². The predicted octanol–water partition coefficient (Wildman–Crippen LogP) is 2.56. The van der Waals surface area contributed by atoms with Crippen molar-refractivity contribution in [2.75, 3.05) is 13.3 Å². The van der Waals surface area contributed by atoms with Crippen molar-refractivity contribution in [1.82, 2.24) is 5.32 Å². The molecule has 0 heterocycles. The zero-order valence-electron chi connectivity index (χ0n) is 11.4. The second kappa shape index (κ2) is 5.63. The minimum Gasteiger partial charge on any atom is -0.316 e. The van der Waals surface area contributed by atoms with Gasteiger partial charge in [-0.2, -0.15) is 0 Å². The monoisotopic (exact) mass is 245 g/mol. The molecule has 0 aromatic carbocycles. The Labute approximate surface area is 103 Å². The van der Waals surface area contributed by atoms with E-state index in [-0.39, 0.29) is 0 Å². The van der Waals surface area contributed by atoms with Gasteiger partial charge in [0.15, 0.2) is 0 Å². The van der Waals surface area contributed by atoms with E-state index in [2.05, 4.69) is 26.1 Å². The molecule has 0 bridgehead atoms. The van der Waals surface area contributed by atoms with Crippen LogP contribution in [0.25, 0.3) is 0 Å². The van der Waals surface area contributed by atoms with Gasteiger partial charge in [-0.3, -0.25) is 4.21 Å². The minimum absolute atomic E-state index is 0.342. The smallest absolute Gasteiger partial charge is 0.0501 e. The van der Waals surface area contributed by atoms with Gasteiger partial charge in [-0.05, 0) is 37.6 Å². The largest absolute Gasteiger partial charge is 0.316 e. The lowest BCUT2D eigenvalue weighted by atomic mass is 9.68. The summed E-state index contributed by atoms with van der Waals surface area (Å²) < 4.78 is 11.8. The quantitative estimate of drug-likeness (QED) is 0.825. The average Bonchev–Trinajstić information content (AvgIpc) is 2.28. The molecular weight excluding hydrogens is 218 g/mol. The molecule has 4 atom stereocenters. The zero-order chi connectivity index (χ0) is 12.3. The molecule has 1 aliphatic rings. The van der Waals surface area contributed by atoms with Crippen molar-refractivity contribution < 1.29 is 4.21 Å². The van der Waals surface area contributed by atoms with Crippen LogP contribution < -0.4 is 5.32 Å². The first-order valence-electron chi connectivity index (χ1n) is 6.41. The first kappa shape index (κ1) is 14.2. The van der Waals surface area contributed by atoms with E-state index in [0.29, 0.717) is 16.7 Å². The molecule has 0 aromatic heterocycles. The van der Waals surface area contributed by atoms with Crippen LogP contribution >= 0.6 is 0 Å². The van der Waals surface area contributed by atoms with Gasteiger partial charge in [-0.25, -0.2) is 0 Å². The molecule has 1 N–H and O–H groups in total. The predicted molar refractivity (Wildman–Crippen MR) is 72.1 cm³/mol. The molecule has 0 aromatic rings. The summed E-state index contributed by atoms with van der Waals surface area (Å²) in [4.78, 5) is 0. The molecule has 0 aliphatic heterocycles. The van der Waals surface area contributed by atoms with Crippen LogP contribution in [-0.2, 0) is 10.8 Å². The van der Waals surface area contributed by atoms with Gasteiger partial charge in [0.05, 0.1) is 5.25 Å². The average molecular weight is 245 g/mol. The minimum atomic E-state index is -0.702. The van der Waals surface area contributed by atoms with Gasteiger partial charge < -0.3 is 5.32 Å². The van der Waals surface area contributed by atoms with Crippen LogP contribution in [0.4, 0.5) is 0 Å². The Balaban J connectivity index is 2.73. The molecule has 0 amide bonds. The van der Waals surface area contributed by atoms with Gasteiger partial charge in [0.2, 0.25) is 0 Å². The molecule has 96 valence electrons. The van der Waals surface area contributed by atoms with Gasteiger partial charge in [0.25, 0.3) is 0 Å². The molecular formula is C13H27NOS. The molecule has 1 rings (SSSR count). The van der Waals surface area contributed by atoms with E-state index in [9.17, 15) is 4.21 Å². The number of rotatable bonds is 4. The van der Waals surface area contributed by atoms with E-state index in [1.165, 1.54) is 19.3 Å². The van der Waals surface area contributed by atoms with Crippen molar-refractivity contribution in [3.8, 4) is 0 Å². The Hall–Kier alpha value is 0.110. The van der Waals surface area contributed by atoms with E-state index < -0.39 is 10.8 Å². The molecule has 2 nitrogen and oxygen atoms in total. The third kappa shape index (κ3) is 3.07. The maximum absolute atomic E-state index is 11.8. The highest BCUT2D eigenvalue weighted by atomic mass is 32.2. The van der Waals surface area contributed by atoms with Crippen molar-refractivity contribution in [1.29, 1.82) is 0 Å². The molecule has 16 heavy (non-hydrogen) atoms. The third-order valence-corrected chi connectivity index (χ3v) is 5.98. The van der Waals surface area contributed by atoms with Crippen molar-refractivity contribution in [3.63, 3.8) is 0 Å². The lowest BCUT2D eigenvalue weighted by Gasteiger charge is -2.42. The summed E-state index contributed by atoms with van der Waals surface area (Å²) in [6.07, 6.45) is 6.64. The summed E-state index contributed by atoms with van der Waals surface area (Å²) in [6.45, 7) is 6.97. The summed E-state index contributed by atoms with van der Waals surface area (Å²) >= 11 is 0. The number of hydrogen-bond acceptors (Lipinski definition) is 2. The van der Waals surface area contributed by atoms with E-state index in [1.807, 2.05) is 13.3 Å². The van der Waals surface area contributed by atoms with E-state index in [4.69, 9.17) is 0 Å². The van der Waals surface area contributed by atoms with E-state index in [0.717, 1.165) is 12.3 Å². The van der Waals surface area contributed by atoms with Gasteiger partial charge in [0.1, 0.15) is 0 Å². The summed E-state index contributed by atoms with van der Waals surface area (Å²) in [7, 11) is 1.29. The Kier molecular flexibility index (Phi) is 4.99. The Morgan fingerprint density at radius 1 is 1.38 bits per heavy atom. The molecule has 3 heteroatoms. The van der Waals surface area contributed by atoms with Crippen LogP contribution in [0, 0.1) is 11.3 Å². The molecule has 0 radical (unpaired) electrons. The zero-order valence-corrected chi connectivity index (χ0v) is 12.2. The normalized spacial score (nSPS) is 33.7. The molecule has 1 aliphatic carbocycles. The molecule has 4 unspecified atom stereocenters. The maximum Gasteiger partial charge on any atom is 0.0501 e. The Morgan fingerprint density at radius 3 is 2.44 bits per heavy atom. The highest BCUT2D eigenvalue weighted by Gasteiger charge is 2.38. The lowest BCUT2D eigenvalue weighted by Crippen LogP contribution is -2.47. The Morgan fingerprint density at radius 2 is 2.00 bits per heavy atom. The van der Waals surface area contributed by atoms with Crippen LogP contribution in [0.1, 0.15) is 46.5 Å². The molecule has 1 saturated carbocycles. The molecule has 1 fully saturated rings. The second-order valence-electron chi connectivity index (χ2n) is 5.78. The molecule has 0 spiro atoms. The van der Waals surface area contributed by atoms with Crippen molar-refractivity contribution in [3.05, 3.63) is 0 Å². The topological polar surface area (TPSA) is 29.1 Å². The number of hydrogen-bond donors (Lipinski definition) is 1. The Bertz CT molecular complexity index is 252. The third-order valence-electron chi connectivity index (χ3n) is 4.61. The SMILES string of the molecule is CCC(C)(C)C1CCC(NC)C(S(C)=O)C1. The standard InChI is InChI=1S/C13H27NOS/c1-6-13(2,3)10-7-8-11(14-4)12(9-10)16(5)15/h10-12,14H,6-9H2,1-5H3. The van der Waals surface area contributed by atoms with Gasteiger partial charge in [-0.1, -0.05) is 27.2 Å². The fourth-order valence-electron chi connectivity index (χ4n) is 2.82. The summed E-state index contributed by atoms with van der Waals surface area (Å²) in [5.41, 5.74) is 0.399. The van der Waals surface area contributed by atoms with Gasteiger partial charge in [0, 0.05) is 23.1 Å². The van der Waals surface area contributed by atoms with Crippen LogP contribution in [0.15, 0.2) is 0 Å². The van der Waals surface area contributed by atoms with Crippen molar-refractivity contribution in [2.45, 2.75) is 57.7 Å². The fourth-order valence-corrected chi connectivity index (χ4v) is 4.06. The van der Waals surface area contributed by atoms with Crippen LogP contribution in [-0.4, -0.2) is 28.8 Å². The van der Waals surface area contributed by atoms with Crippen molar-refractivity contribution in [2.24, 2.45) is 11.3 Å². The van der Waals surface area contributed by atoms with E-state index in [1.54, 1.807) is 0 Å². The van der Waals surface area contributed by atoms with Gasteiger partial charge >= 0.3 is 0 Å². The fraction of sp³-hybridized carbons (Fsp3) is 1.00. The summed E-state index contributed by atoms with van der Waals surface area (Å²) in [5, 5.41) is 3.67.